The minimum atomic E-state index is -1.22. The van der Waals surface area contributed by atoms with E-state index in [2.05, 4.69) is 15.6 Å². The fraction of sp³-hybridized carbons (Fsp3) is 0.238. The highest BCUT2D eigenvalue weighted by Gasteiger charge is 2.22. The standard InChI is InChI=1S/C21H24ClN5O5/c1-11(2)32-21(31)27-17(19(29)30)9-12-6-7-16(15(22)8-12)26-18(28)13-4-3-5-14(10-13)25-20(23)24/h3-8,10-11,17H,9H2,1-2H3,(H,26,28)(H,27,31)(H,29,30)(H4,23,24,25). The van der Waals surface area contributed by atoms with Crippen molar-refractivity contribution in [3.05, 3.63) is 58.6 Å². The summed E-state index contributed by atoms with van der Waals surface area (Å²) in [7, 11) is 0. The van der Waals surface area contributed by atoms with E-state index in [9.17, 15) is 19.5 Å². The third kappa shape index (κ3) is 7.47. The molecule has 0 aromatic heterocycles. The van der Waals surface area contributed by atoms with Crippen molar-refractivity contribution >= 4 is 46.9 Å². The molecule has 0 radical (unpaired) electrons. The molecule has 170 valence electrons. The highest BCUT2D eigenvalue weighted by Crippen LogP contribution is 2.25. The molecule has 2 aromatic rings. The first-order valence-corrected chi connectivity index (χ1v) is 9.92. The number of amides is 2. The summed E-state index contributed by atoms with van der Waals surface area (Å²) in [6.07, 6.45) is -1.25. The Morgan fingerprint density at radius 1 is 1.16 bits per heavy atom. The number of alkyl carbamates (subject to hydrolysis) is 1. The maximum absolute atomic E-state index is 12.5. The number of halogens is 1. The molecular formula is C21H24ClN5O5. The van der Waals surface area contributed by atoms with E-state index in [1.165, 1.54) is 12.1 Å². The van der Waals surface area contributed by atoms with E-state index in [0.29, 0.717) is 22.5 Å². The third-order valence-corrected chi connectivity index (χ3v) is 4.33. The molecule has 0 fully saturated rings. The van der Waals surface area contributed by atoms with E-state index in [0.717, 1.165) is 0 Å². The van der Waals surface area contributed by atoms with Crippen LogP contribution in [0.2, 0.25) is 5.02 Å². The molecule has 0 aliphatic rings. The Morgan fingerprint density at radius 2 is 1.88 bits per heavy atom. The zero-order valence-corrected chi connectivity index (χ0v) is 18.2. The molecular weight excluding hydrogens is 438 g/mol. The monoisotopic (exact) mass is 461 g/mol. The van der Waals surface area contributed by atoms with Crippen LogP contribution in [-0.4, -0.2) is 41.2 Å². The molecule has 10 nitrogen and oxygen atoms in total. The smallest absolute Gasteiger partial charge is 0.408 e. The second-order valence-corrected chi connectivity index (χ2v) is 7.46. The minimum Gasteiger partial charge on any atom is -0.480 e. The van der Waals surface area contributed by atoms with Crippen molar-refractivity contribution in [3.8, 4) is 0 Å². The number of carbonyl (C=O) groups is 3. The predicted octanol–water partition coefficient (Wildman–Crippen LogP) is 2.63. The van der Waals surface area contributed by atoms with Gasteiger partial charge in [0.15, 0.2) is 5.96 Å². The quantitative estimate of drug-likeness (QED) is 0.297. The van der Waals surface area contributed by atoms with Crippen molar-refractivity contribution in [2.75, 3.05) is 5.32 Å². The molecule has 2 rings (SSSR count). The first kappa shape index (κ1) is 24.5. The molecule has 2 amide bonds. The number of ether oxygens (including phenoxy) is 1. The molecule has 0 saturated heterocycles. The molecule has 0 spiro atoms. The van der Waals surface area contributed by atoms with Gasteiger partial charge < -0.3 is 31.9 Å². The van der Waals surface area contributed by atoms with Crippen molar-refractivity contribution in [2.24, 2.45) is 16.5 Å². The number of guanidine groups is 1. The zero-order valence-electron chi connectivity index (χ0n) is 17.5. The van der Waals surface area contributed by atoms with Gasteiger partial charge in [-0.3, -0.25) is 4.79 Å². The van der Waals surface area contributed by atoms with E-state index in [1.54, 1.807) is 44.2 Å². The Hall–Kier alpha value is -3.79. The number of nitrogens with two attached hydrogens (primary N) is 2. The summed E-state index contributed by atoms with van der Waals surface area (Å²) in [5.41, 5.74) is 12.3. The number of hydrogen-bond acceptors (Lipinski definition) is 5. The fourth-order valence-electron chi connectivity index (χ4n) is 2.67. The normalized spacial score (nSPS) is 11.4. The highest BCUT2D eigenvalue weighted by molar-refractivity contribution is 6.34. The van der Waals surface area contributed by atoms with Gasteiger partial charge in [-0.2, -0.15) is 0 Å². The number of nitrogens with one attached hydrogen (secondary N) is 2. The SMILES string of the molecule is CC(C)OC(=O)NC(Cc1ccc(NC(=O)c2cccc(N=C(N)N)c2)c(Cl)c1)C(=O)O. The van der Waals surface area contributed by atoms with Gasteiger partial charge in [0.1, 0.15) is 6.04 Å². The van der Waals surface area contributed by atoms with Crippen LogP contribution in [0.1, 0.15) is 29.8 Å². The largest absolute Gasteiger partial charge is 0.480 e. The molecule has 32 heavy (non-hydrogen) atoms. The van der Waals surface area contributed by atoms with E-state index in [-0.39, 0.29) is 23.5 Å². The first-order valence-electron chi connectivity index (χ1n) is 9.54. The molecule has 7 N–H and O–H groups in total. The van der Waals surface area contributed by atoms with Crippen LogP contribution >= 0.6 is 11.6 Å². The van der Waals surface area contributed by atoms with E-state index in [1.807, 2.05) is 0 Å². The van der Waals surface area contributed by atoms with Crippen molar-refractivity contribution in [1.29, 1.82) is 0 Å². The average Bonchev–Trinajstić information content (AvgIpc) is 2.68. The molecule has 2 aromatic carbocycles. The Balaban J connectivity index is 2.11. The van der Waals surface area contributed by atoms with E-state index in [4.69, 9.17) is 27.8 Å². The molecule has 1 atom stereocenters. The predicted molar refractivity (Wildman–Crippen MR) is 121 cm³/mol. The zero-order chi connectivity index (χ0) is 23.8. The lowest BCUT2D eigenvalue weighted by Gasteiger charge is -2.16. The lowest BCUT2D eigenvalue weighted by Crippen LogP contribution is -2.43. The lowest BCUT2D eigenvalue weighted by atomic mass is 10.1. The number of aliphatic imine (C=N–C) groups is 1. The van der Waals surface area contributed by atoms with Gasteiger partial charge in [-0.05, 0) is 49.7 Å². The number of hydrogen-bond donors (Lipinski definition) is 5. The van der Waals surface area contributed by atoms with Crippen LogP contribution in [0.4, 0.5) is 16.2 Å². The number of rotatable bonds is 8. The van der Waals surface area contributed by atoms with Crippen molar-refractivity contribution in [1.82, 2.24) is 5.32 Å². The molecule has 11 heteroatoms. The number of carboxylic acids is 1. The fourth-order valence-corrected chi connectivity index (χ4v) is 2.92. The maximum Gasteiger partial charge on any atom is 0.408 e. The lowest BCUT2D eigenvalue weighted by molar-refractivity contribution is -0.139. The topological polar surface area (TPSA) is 169 Å². The van der Waals surface area contributed by atoms with Gasteiger partial charge >= 0.3 is 12.1 Å². The summed E-state index contributed by atoms with van der Waals surface area (Å²) in [6.45, 7) is 3.30. The highest BCUT2D eigenvalue weighted by atomic mass is 35.5. The number of aliphatic carboxylic acids is 1. The van der Waals surface area contributed by atoms with Gasteiger partial charge in [0.25, 0.3) is 5.91 Å². The summed E-state index contributed by atoms with van der Waals surface area (Å²) in [5.74, 6) is -1.79. The average molecular weight is 462 g/mol. The molecule has 1 unspecified atom stereocenters. The number of carbonyl (C=O) groups excluding carboxylic acids is 2. The summed E-state index contributed by atoms with van der Waals surface area (Å²) in [4.78, 5) is 39.7. The van der Waals surface area contributed by atoms with Gasteiger partial charge in [-0.25, -0.2) is 14.6 Å². The van der Waals surface area contributed by atoms with Gasteiger partial charge in [0.2, 0.25) is 0 Å². The van der Waals surface area contributed by atoms with Gasteiger partial charge in [-0.15, -0.1) is 0 Å². The van der Waals surface area contributed by atoms with Crippen molar-refractivity contribution in [3.63, 3.8) is 0 Å². The summed E-state index contributed by atoms with van der Waals surface area (Å²) in [5, 5.41) is 14.6. The van der Waals surface area contributed by atoms with Crippen molar-refractivity contribution < 1.29 is 24.2 Å². The Bertz CT molecular complexity index is 1040. The molecule has 0 saturated carbocycles. The second-order valence-electron chi connectivity index (χ2n) is 7.05. The molecule has 0 aliphatic heterocycles. The first-order chi connectivity index (χ1) is 15.0. The molecule has 0 bridgehead atoms. The third-order valence-electron chi connectivity index (χ3n) is 4.02. The van der Waals surface area contributed by atoms with Crippen LogP contribution in [0.15, 0.2) is 47.5 Å². The van der Waals surface area contributed by atoms with Crippen LogP contribution in [0.25, 0.3) is 0 Å². The summed E-state index contributed by atoms with van der Waals surface area (Å²) >= 11 is 6.27. The number of nitrogens with zero attached hydrogens (tertiary/aromatic N) is 1. The van der Waals surface area contributed by atoms with Crippen LogP contribution < -0.4 is 22.1 Å². The second kappa shape index (κ2) is 11.0. The minimum absolute atomic E-state index is 0.0307. The van der Waals surface area contributed by atoms with E-state index < -0.39 is 24.0 Å². The Morgan fingerprint density at radius 3 is 2.47 bits per heavy atom. The molecule has 0 heterocycles. The number of benzene rings is 2. The van der Waals surface area contributed by atoms with E-state index >= 15 is 0 Å². The van der Waals surface area contributed by atoms with Gasteiger partial charge in [-0.1, -0.05) is 23.7 Å². The maximum atomic E-state index is 12.5. The van der Waals surface area contributed by atoms with Gasteiger partial charge in [0.05, 0.1) is 22.5 Å². The van der Waals surface area contributed by atoms with Crippen LogP contribution in [-0.2, 0) is 16.0 Å². The number of carboxylic acid groups (broad SMARTS) is 1. The molecule has 0 aliphatic carbocycles. The van der Waals surface area contributed by atoms with Crippen LogP contribution in [0, 0.1) is 0 Å². The van der Waals surface area contributed by atoms with Crippen LogP contribution in [0.3, 0.4) is 0 Å². The Kier molecular flexibility index (Phi) is 8.42. The van der Waals surface area contributed by atoms with Gasteiger partial charge in [0, 0.05) is 12.0 Å². The van der Waals surface area contributed by atoms with Crippen LogP contribution in [0.5, 0.6) is 0 Å². The number of anilines is 1. The van der Waals surface area contributed by atoms with Crippen molar-refractivity contribution in [2.45, 2.75) is 32.4 Å². The summed E-state index contributed by atoms with van der Waals surface area (Å²) < 4.78 is 4.92. The summed E-state index contributed by atoms with van der Waals surface area (Å²) in [6, 6.07) is 9.81. The Labute approximate surface area is 189 Å².